The molecule has 0 spiro atoms. The van der Waals surface area contributed by atoms with E-state index in [1.807, 2.05) is 0 Å². The topological polar surface area (TPSA) is 48.1 Å². The Labute approximate surface area is 134 Å². The minimum absolute atomic E-state index is 0.518. The predicted octanol–water partition coefficient (Wildman–Crippen LogP) is 5.20. The maximum atomic E-state index is 11.1. The Kier molecular flexibility index (Phi) is 7.50. The number of ether oxygens (including phenoxy) is 3. The Morgan fingerprint density at radius 2 is 1.68 bits per heavy atom. The molecule has 1 aliphatic carbocycles. The Morgan fingerprint density at radius 1 is 1.05 bits per heavy atom. The van der Waals surface area contributed by atoms with Crippen LogP contribution in [0.5, 0.6) is 0 Å². The average molecular weight is 312 g/mol. The number of carbonyl (C=O) groups is 1. The molecule has 2 aliphatic rings. The smallest absolute Gasteiger partial charge is 0.438 e. The molecule has 2 rings (SSSR count). The second-order valence-corrected chi connectivity index (χ2v) is 6.92. The Balaban J connectivity index is 1.43. The summed E-state index contributed by atoms with van der Waals surface area (Å²) in [5, 5.41) is 0. The molecule has 22 heavy (non-hydrogen) atoms. The molecule has 1 saturated heterocycles. The van der Waals surface area contributed by atoms with Crippen molar-refractivity contribution in [1.82, 2.24) is 0 Å². The van der Waals surface area contributed by atoms with E-state index in [0.717, 1.165) is 18.8 Å². The number of carbonyl (C=O) groups excluding carboxylic acids is 1. The summed E-state index contributed by atoms with van der Waals surface area (Å²) in [6, 6.07) is 0. The summed E-state index contributed by atoms with van der Waals surface area (Å²) in [6.07, 6.45) is 16.6. The highest BCUT2D eigenvalue weighted by Gasteiger charge is 2.49. The molecule has 0 aromatic heterocycles. The van der Waals surface area contributed by atoms with E-state index in [-0.39, 0.29) is 0 Å². The van der Waals surface area contributed by atoms with E-state index in [1.165, 1.54) is 77.7 Å². The van der Waals surface area contributed by atoms with Gasteiger partial charge in [-0.15, -0.1) is 0 Å². The zero-order valence-electron chi connectivity index (χ0n) is 14.1. The minimum Gasteiger partial charge on any atom is -0.438 e. The third-order valence-corrected chi connectivity index (χ3v) is 5.05. The van der Waals surface area contributed by atoms with Gasteiger partial charge in [-0.1, -0.05) is 70.6 Å². The second-order valence-electron chi connectivity index (χ2n) is 6.92. The van der Waals surface area contributed by atoms with E-state index in [0.29, 0.717) is 6.61 Å². The third-order valence-electron chi connectivity index (χ3n) is 5.05. The lowest BCUT2D eigenvalue weighted by atomic mass is 9.93. The van der Waals surface area contributed by atoms with Gasteiger partial charge in [-0.3, -0.25) is 0 Å². The van der Waals surface area contributed by atoms with E-state index in [2.05, 4.69) is 4.74 Å². The molecule has 0 radical (unpaired) electrons. The highest BCUT2D eigenvalue weighted by molar-refractivity contribution is 5.60. The lowest BCUT2D eigenvalue weighted by Gasteiger charge is -2.13. The van der Waals surface area contributed by atoms with Crippen LogP contribution in [-0.4, -0.2) is 25.7 Å². The van der Waals surface area contributed by atoms with Crippen molar-refractivity contribution < 1.29 is 19.0 Å². The first kappa shape index (κ1) is 17.6. The number of rotatable bonds is 9. The van der Waals surface area contributed by atoms with E-state index < -0.39 is 11.9 Å². The lowest BCUT2D eigenvalue weighted by Crippen LogP contribution is -2.21. The standard InChI is InChI=1S/C18H32O4/c1-20-17(19)22-18(15-21-18)14-10-6-2-3-7-11-16-12-8-4-5-9-13-16/h16H,2-15H2,1H3. The van der Waals surface area contributed by atoms with Crippen LogP contribution in [0, 0.1) is 5.92 Å². The molecule has 0 bridgehead atoms. The molecule has 128 valence electrons. The molecule has 1 atom stereocenters. The molecule has 2 fully saturated rings. The van der Waals surface area contributed by atoms with Crippen molar-refractivity contribution in [2.45, 2.75) is 89.3 Å². The van der Waals surface area contributed by atoms with Gasteiger partial charge in [0.1, 0.15) is 6.61 Å². The van der Waals surface area contributed by atoms with Crippen LogP contribution >= 0.6 is 0 Å². The molecule has 1 aliphatic heterocycles. The normalized spacial score (nSPS) is 25.5. The molecule has 0 aromatic rings. The molecular formula is C18H32O4. The summed E-state index contributed by atoms with van der Waals surface area (Å²) < 4.78 is 14.9. The highest BCUT2D eigenvalue weighted by Crippen LogP contribution is 2.35. The van der Waals surface area contributed by atoms with Crippen LogP contribution in [0.15, 0.2) is 0 Å². The van der Waals surface area contributed by atoms with Crippen LogP contribution in [0.25, 0.3) is 0 Å². The second kappa shape index (κ2) is 9.39. The molecule has 0 amide bonds. The molecule has 4 heteroatoms. The summed E-state index contributed by atoms with van der Waals surface area (Å²) in [7, 11) is 1.33. The maximum Gasteiger partial charge on any atom is 0.510 e. The van der Waals surface area contributed by atoms with E-state index in [9.17, 15) is 4.79 Å². The van der Waals surface area contributed by atoms with Crippen LogP contribution in [0.3, 0.4) is 0 Å². The van der Waals surface area contributed by atoms with E-state index >= 15 is 0 Å². The fourth-order valence-electron chi connectivity index (χ4n) is 3.54. The average Bonchev–Trinajstić information content (AvgIpc) is 3.31. The van der Waals surface area contributed by atoms with Crippen molar-refractivity contribution in [3.05, 3.63) is 0 Å². The molecule has 4 nitrogen and oxygen atoms in total. The molecule has 1 saturated carbocycles. The predicted molar refractivity (Wildman–Crippen MR) is 85.7 cm³/mol. The third kappa shape index (κ3) is 6.55. The van der Waals surface area contributed by atoms with Crippen LogP contribution in [0.1, 0.15) is 83.5 Å². The fraction of sp³-hybridized carbons (Fsp3) is 0.944. The number of methoxy groups -OCH3 is 1. The van der Waals surface area contributed by atoms with Crippen molar-refractivity contribution >= 4 is 6.16 Å². The zero-order chi connectivity index (χ0) is 15.7. The van der Waals surface area contributed by atoms with Gasteiger partial charge < -0.3 is 14.2 Å². The van der Waals surface area contributed by atoms with Gasteiger partial charge in [-0.05, 0) is 12.3 Å². The first-order valence-corrected chi connectivity index (χ1v) is 9.15. The Morgan fingerprint density at radius 3 is 2.32 bits per heavy atom. The van der Waals surface area contributed by atoms with Crippen molar-refractivity contribution in [3.8, 4) is 0 Å². The number of epoxide rings is 1. The van der Waals surface area contributed by atoms with Crippen LogP contribution in [0.4, 0.5) is 4.79 Å². The van der Waals surface area contributed by atoms with Gasteiger partial charge in [-0.25, -0.2) is 4.79 Å². The molecule has 0 aromatic carbocycles. The van der Waals surface area contributed by atoms with Crippen molar-refractivity contribution in [1.29, 1.82) is 0 Å². The first-order chi connectivity index (χ1) is 10.7. The van der Waals surface area contributed by atoms with E-state index in [4.69, 9.17) is 9.47 Å². The SMILES string of the molecule is COC(=O)OC1(CCCCCCCC2CCCCCC2)CO1. The van der Waals surface area contributed by atoms with Gasteiger partial charge in [0.25, 0.3) is 0 Å². The van der Waals surface area contributed by atoms with Gasteiger partial charge in [0.15, 0.2) is 0 Å². The lowest BCUT2D eigenvalue weighted by molar-refractivity contribution is -0.0324. The summed E-state index contributed by atoms with van der Waals surface area (Å²) in [6.45, 7) is 0.518. The number of unbranched alkanes of at least 4 members (excludes halogenated alkanes) is 4. The van der Waals surface area contributed by atoms with Gasteiger partial charge in [0, 0.05) is 6.42 Å². The highest BCUT2D eigenvalue weighted by atomic mass is 16.8. The number of hydrogen-bond donors (Lipinski definition) is 0. The van der Waals surface area contributed by atoms with Crippen LogP contribution in [-0.2, 0) is 14.2 Å². The van der Waals surface area contributed by atoms with Gasteiger partial charge in [0.2, 0.25) is 5.79 Å². The Hall–Kier alpha value is -0.770. The quantitative estimate of drug-likeness (QED) is 0.254. The summed E-state index contributed by atoms with van der Waals surface area (Å²) >= 11 is 0. The van der Waals surface area contributed by atoms with Crippen molar-refractivity contribution in [2.24, 2.45) is 5.92 Å². The summed E-state index contributed by atoms with van der Waals surface area (Å²) in [5.74, 6) is 0.340. The van der Waals surface area contributed by atoms with Gasteiger partial charge in [-0.2, -0.15) is 0 Å². The largest absolute Gasteiger partial charge is 0.510 e. The van der Waals surface area contributed by atoms with Gasteiger partial charge >= 0.3 is 6.16 Å². The number of hydrogen-bond acceptors (Lipinski definition) is 4. The maximum absolute atomic E-state index is 11.1. The fourth-order valence-corrected chi connectivity index (χ4v) is 3.54. The first-order valence-electron chi connectivity index (χ1n) is 9.15. The van der Waals surface area contributed by atoms with Gasteiger partial charge in [0.05, 0.1) is 7.11 Å². The molecule has 1 unspecified atom stereocenters. The summed E-state index contributed by atoms with van der Waals surface area (Å²) in [4.78, 5) is 11.1. The molecule has 1 heterocycles. The van der Waals surface area contributed by atoms with Crippen LogP contribution in [0.2, 0.25) is 0 Å². The van der Waals surface area contributed by atoms with Crippen molar-refractivity contribution in [2.75, 3.05) is 13.7 Å². The minimum atomic E-state index is -0.659. The van der Waals surface area contributed by atoms with Crippen molar-refractivity contribution in [3.63, 3.8) is 0 Å². The van der Waals surface area contributed by atoms with Crippen LogP contribution < -0.4 is 0 Å². The zero-order valence-corrected chi connectivity index (χ0v) is 14.1. The Bertz CT molecular complexity index is 317. The molecule has 0 N–H and O–H groups in total. The van der Waals surface area contributed by atoms with E-state index in [1.54, 1.807) is 0 Å². The summed E-state index contributed by atoms with van der Waals surface area (Å²) in [5.41, 5.74) is 0. The molecular weight excluding hydrogens is 280 g/mol. The monoisotopic (exact) mass is 312 g/mol.